The van der Waals surface area contributed by atoms with Crippen molar-refractivity contribution in [3.8, 4) is 11.1 Å². The van der Waals surface area contributed by atoms with Gasteiger partial charge < -0.3 is 4.42 Å². The molecule has 0 saturated heterocycles. The Morgan fingerprint density at radius 3 is 2.79 bits per heavy atom. The van der Waals surface area contributed by atoms with Crippen molar-refractivity contribution in [2.24, 2.45) is 0 Å². The Hall–Kier alpha value is -0.110. The molecule has 2 aromatic heterocycles. The molecule has 0 radical (unpaired) electrons. The summed E-state index contributed by atoms with van der Waals surface area (Å²) in [6.45, 7) is 2.09. The van der Waals surface area contributed by atoms with Crippen molar-refractivity contribution in [1.82, 2.24) is 0 Å². The monoisotopic (exact) mass is 332 g/mol. The van der Waals surface area contributed by atoms with Crippen molar-refractivity contribution in [2.45, 2.75) is 6.92 Å². The van der Waals surface area contributed by atoms with E-state index in [2.05, 4.69) is 44.8 Å². The van der Waals surface area contributed by atoms with Gasteiger partial charge in [-0.25, -0.2) is 0 Å². The maximum atomic E-state index is 5.39. The highest BCUT2D eigenvalue weighted by molar-refractivity contribution is 9.11. The fourth-order valence-corrected chi connectivity index (χ4v) is 3.96. The standard InChI is InChI=1S/C10H7Br2OP/c1-6-7(11)5-9(12)14-10(6)8-3-2-4-13-8/h2-5H,1H3. The number of halogens is 2. The van der Waals surface area contributed by atoms with Crippen LogP contribution in [0, 0.1) is 6.92 Å². The van der Waals surface area contributed by atoms with Crippen molar-refractivity contribution >= 4 is 40.1 Å². The van der Waals surface area contributed by atoms with Crippen molar-refractivity contribution in [3.63, 3.8) is 0 Å². The normalized spacial score (nSPS) is 11.1. The summed E-state index contributed by atoms with van der Waals surface area (Å²) in [7, 11) is 1.15. The van der Waals surface area contributed by atoms with Crippen LogP contribution in [0.4, 0.5) is 0 Å². The van der Waals surface area contributed by atoms with E-state index < -0.39 is 0 Å². The van der Waals surface area contributed by atoms with E-state index in [0.717, 1.165) is 22.6 Å². The van der Waals surface area contributed by atoms with Crippen LogP contribution in [-0.4, -0.2) is 0 Å². The van der Waals surface area contributed by atoms with E-state index in [9.17, 15) is 0 Å². The molecule has 0 atom stereocenters. The lowest BCUT2D eigenvalue weighted by Crippen LogP contribution is -1.79. The first-order valence-electron chi connectivity index (χ1n) is 4.05. The van der Waals surface area contributed by atoms with Gasteiger partial charge in [-0.15, -0.1) is 0 Å². The Kier molecular flexibility index (Phi) is 3.10. The fraction of sp³-hybridized carbons (Fsp3) is 0.100. The molecule has 2 rings (SSSR count). The second-order valence-electron chi connectivity index (χ2n) is 2.88. The first-order chi connectivity index (χ1) is 6.68. The topological polar surface area (TPSA) is 13.1 Å². The maximum Gasteiger partial charge on any atom is 0.138 e. The van der Waals surface area contributed by atoms with Crippen molar-refractivity contribution in [1.29, 1.82) is 0 Å². The summed E-state index contributed by atoms with van der Waals surface area (Å²) in [5.74, 6) is 0.936. The van der Waals surface area contributed by atoms with Gasteiger partial charge >= 0.3 is 0 Å². The predicted molar refractivity (Wildman–Crippen MR) is 66.8 cm³/mol. The van der Waals surface area contributed by atoms with Gasteiger partial charge in [-0.3, -0.25) is 0 Å². The van der Waals surface area contributed by atoms with Gasteiger partial charge in [-0.1, -0.05) is 15.9 Å². The van der Waals surface area contributed by atoms with Crippen LogP contribution >= 0.6 is 40.1 Å². The first-order valence-corrected chi connectivity index (χ1v) is 6.53. The van der Waals surface area contributed by atoms with Crippen LogP contribution in [-0.2, 0) is 0 Å². The minimum Gasteiger partial charge on any atom is -0.464 e. The second kappa shape index (κ2) is 4.18. The van der Waals surface area contributed by atoms with E-state index in [1.165, 1.54) is 10.9 Å². The van der Waals surface area contributed by atoms with Crippen LogP contribution in [0.5, 0.6) is 0 Å². The van der Waals surface area contributed by atoms with Gasteiger partial charge in [-0.05, 0) is 54.8 Å². The summed E-state index contributed by atoms with van der Waals surface area (Å²) in [4.78, 5) is 0. The van der Waals surface area contributed by atoms with Crippen LogP contribution in [0.25, 0.3) is 11.1 Å². The second-order valence-corrected chi connectivity index (χ2v) is 6.35. The van der Waals surface area contributed by atoms with Crippen LogP contribution in [0.3, 0.4) is 0 Å². The van der Waals surface area contributed by atoms with Crippen molar-refractivity contribution < 1.29 is 4.42 Å². The summed E-state index contributed by atoms with van der Waals surface area (Å²) in [6.07, 6.45) is 1.70. The van der Waals surface area contributed by atoms with Crippen molar-refractivity contribution in [2.75, 3.05) is 0 Å². The lowest BCUT2D eigenvalue weighted by atomic mass is 10.2. The third kappa shape index (κ3) is 1.95. The Morgan fingerprint density at radius 2 is 2.14 bits per heavy atom. The van der Waals surface area contributed by atoms with E-state index in [-0.39, 0.29) is 0 Å². The van der Waals surface area contributed by atoms with Gasteiger partial charge in [0.05, 0.1) is 6.26 Å². The average Bonchev–Trinajstić information content (AvgIpc) is 2.63. The summed E-state index contributed by atoms with van der Waals surface area (Å²) in [6, 6.07) is 5.96. The lowest BCUT2D eigenvalue weighted by molar-refractivity contribution is 0.583. The molecular formula is C10H7Br2OP. The average molecular weight is 334 g/mol. The molecule has 0 aliphatic heterocycles. The van der Waals surface area contributed by atoms with E-state index in [4.69, 9.17) is 4.42 Å². The summed E-state index contributed by atoms with van der Waals surface area (Å²) < 4.78 is 7.64. The molecule has 0 spiro atoms. The molecule has 0 fully saturated rings. The molecule has 1 nitrogen and oxygen atoms in total. The molecule has 0 N–H and O–H groups in total. The van der Waals surface area contributed by atoms with E-state index in [1.807, 2.05) is 12.1 Å². The molecule has 0 unspecified atom stereocenters. The third-order valence-electron chi connectivity index (χ3n) is 1.93. The number of furan rings is 1. The zero-order valence-electron chi connectivity index (χ0n) is 7.42. The summed E-state index contributed by atoms with van der Waals surface area (Å²) >= 11 is 7.03. The lowest BCUT2D eigenvalue weighted by Gasteiger charge is -2.05. The van der Waals surface area contributed by atoms with Gasteiger partial charge in [0.15, 0.2) is 0 Å². The minimum atomic E-state index is 0.936. The molecule has 2 heterocycles. The van der Waals surface area contributed by atoms with E-state index >= 15 is 0 Å². The number of hydrogen-bond acceptors (Lipinski definition) is 1. The molecule has 0 saturated carbocycles. The largest absolute Gasteiger partial charge is 0.464 e. The zero-order valence-corrected chi connectivity index (χ0v) is 11.5. The van der Waals surface area contributed by atoms with Gasteiger partial charge in [0.1, 0.15) is 5.76 Å². The number of rotatable bonds is 1. The summed E-state index contributed by atoms with van der Waals surface area (Å²) in [5.41, 5.74) is 1.23. The molecule has 14 heavy (non-hydrogen) atoms. The Balaban J connectivity index is 2.64. The first kappa shape index (κ1) is 10.4. The smallest absolute Gasteiger partial charge is 0.138 e. The molecule has 4 heteroatoms. The highest BCUT2D eigenvalue weighted by Crippen LogP contribution is 2.40. The fourth-order valence-electron chi connectivity index (χ4n) is 1.20. The van der Waals surface area contributed by atoms with Gasteiger partial charge in [0.2, 0.25) is 0 Å². The molecule has 0 amide bonds. The van der Waals surface area contributed by atoms with Crippen LogP contribution in [0.15, 0.2) is 37.6 Å². The molecule has 0 bridgehead atoms. The van der Waals surface area contributed by atoms with Gasteiger partial charge in [0, 0.05) is 14.0 Å². The van der Waals surface area contributed by atoms with Crippen LogP contribution < -0.4 is 0 Å². The van der Waals surface area contributed by atoms with E-state index in [1.54, 1.807) is 6.26 Å². The van der Waals surface area contributed by atoms with Crippen LogP contribution in [0.1, 0.15) is 5.56 Å². The molecular weight excluding hydrogens is 327 g/mol. The van der Waals surface area contributed by atoms with E-state index in [0.29, 0.717) is 0 Å². The quantitative estimate of drug-likeness (QED) is 0.684. The molecule has 0 aliphatic carbocycles. The maximum absolute atomic E-state index is 5.39. The third-order valence-corrected chi connectivity index (χ3v) is 4.64. The Morgan fingerprint density at radius 1 is 1.36 bits per heavy atom. The van der Waals surface area contributed by atoms with Gasteiger partial charge in [0.25, 0.3) is 0 Å². The molecule has 72 valence electrons. The minimum absolute atomic E-state index is 0.936. The van der Waals surface area contributed by atoms with Crippen LogP contribution in [0.2, 0.25) is 0 Å². The zero-order chi connectivity index (χ0) is 10.1. The Bertz CT molecular complexity index is 451. The predicted octanol–water partition coefficient (Wildman–Crippen LogP) is 5.36. The molecule has 2 aromatic rings. The summed E-state index contributed by atoms with van der Waals surface area (Å²) in [5, 5.41) is 1.20. The highest BCUT2D eigenvalue weighted by Gasteiger charge is 2.09. The SMILES string of the molecule is Cc1c(Br)cc(Br)pc1-c1ccco1. The molecule has 0 aromatic carbocycles. The Labute approximate surface area is 101 Å². The highest BCUT2D eigenvalue weighted by atomic mass is 79.9. The van der Waals surface area contributed by atoms with Gasteiger partial charge in [-0.2, -0.15) is 0 Å². The molecule has 0 aliphatic rings. The van der Waals surface area contributed by atoms with Crippen molar-refractivity contribution in [3.05, 3.63) is 38.7 Å². The number of hydrogen-bond donors (Lipinski definition) is 0.